The highest BCUT2D eigenvalue weighted by Gasteiger charge is 2.19. The summed E-state index contributed by atoms with van der Waals surface area (Å²) in [5.74, 6) is 2.26. The number of hydrogen-bond acceptors (Lipinski definition) is 3. The maximum Gasteiger partial charge on any atom is 0.160 e. The fourth-order valence-corrected chi connectivity index (χ4v) is 8.62. The van der Waals surface area contributed by atoms with Crippen LogP contribution in [0.15, 0.2) is 140 Å². The second kappa shape index (κ2) is 16.0. The fraction of sp³-hybridized carbons (Fsp3) is 0.228. The van der Waals surface area contributed by atoms with Crippen LogP contribution in [0, 0.1) is 0 Å². The Bertz CT molecular complexity index is 2810. The van der Waals surface area contributed by atoms with E-state index in [1.54, 1.807) is 0 Å². The van der Waals surface area contributed by atoms with E-state index >= 15 is 0 Å². The van der Waals surface area contributed by atoms with Crippen molar-refractivity contribution in [1.29, 1.82) is 0 Å². The summed E-state index contributed by atoms with van der Waals surface area (Å²) in [6, 6.07) is 50.0. The van der Waals surface area contributed by atoms with E-state index in [0.29, 0.717) is 23.7 Å². The lowest BCUT2D eigenvalue weighted by Crippen LogP contribution is -2.04. The van der Waals surface area contributed by atoms with E-state index in [-0.39, 0.29) is 0 Å². The van der Waals surface area contributed by atoms with E-state index < -0.39 is 0 Å². The van der Waals surface area contributed by atoms with E-state index in [1.807, 2.05) is 0 Å². The number of rotatable bonds is 9. The molecule has 0 atom stereocenters. The molecule has 1 aliphatic rings. The van der Waals surface area contributed by atoms with Gasteiger partial charge in [-0.05, 0) is 156 Å². The molecule has 0 aliphatic carbocycles. The third-order valence-corrected chi connectivity index (χ3v) is 12.3. The summed E-state index contributed by atoms with van der Waals surface area (Å²) in [6.45, 7) is 19.1. The first-order chi connectivity index (χ1) is 29.0. The number of aromatic nitrogens is 2. The van der Waals surface area contributed by atoms with E-state index in [4.69, 9.17) is 9.97 Å². The molecule has 1 N–H and O–H groups in total. The van der Waals surface area contributed by atoms with E-state index in [0.717, 1.165) is 62.8 Å². The van der Waals surface area contributed by atoms with Gasteiger partial charge in [-0.15, -0.1) is 0 Å². The lowest BCUT2D eigenvalue weighted by Gasteiger charge is -2.18. The topological polar surface area (TPSA) is 37.8 Å². The molecule has 1 aromatic heterocycles. The van der Waals surface area contributed by atoms with Gasteiger partial charge in [0.05, 0.1) is 11.4 Å². The molecule has 8 aromatic rings. The van der Waals surface area contributed by atoms with Crippen molar-refractivity contribution in [2.24, 2.45) is 0 Å². The minimum Gasteiger partial charge on any atom is -0.381 e. The smallest absolute Gasteiger partial charge is 0.160 e. The molecule has 7 aromatic carbocycles. The van der Waals surface area contributed by atoms with Gasteiger partial charge in [-0.2, -0.15) is 0 Å². The zero-order valence-corrected chi connectivity index (χ0v) is 36.3. The molecule has 60 heavy (non-hydrogen) atoms. The molecule has 2 heterocycles. The van der Waals surface area contributed by atoms with Crippen LogP contribution in [0.25, 0.3) is 83.8 Å². The lowest BCUT2D eigenvalue weighted by molar-refractivity contribution is 0.834. The van der Waals surface area contributed by atoms with Crippen LogP contribution < -0.4 is 5.32 Å². The Hall–Kier alpha value is -6.32. The second-order valence-electron chi connectivity index (χ2n) is 17.9. The molecule has 298 valence electrons. The van der Waals surface area contributed by atoms with Crippen molar-refractivity contribution in [3.63, 3.8) is 0 Å². The molecule has 0 saturated carbocycles. The van der Waals surface area contributed by atoms with Gasteiger partial charge in [-0.3, -0.25) is 0 Å². The zero-order chi connectivity index (χ0) is 41.7. The molecule has 0 unspecified atom stereocenters. The molecule has 1 aliphatic heterocycles. The molecular weight excluding hydrogens is 727 g/mol. The summed E-state index contributed by atoms with van der Waals surface area (Å²) in [7, 11) is 0. The Kier molecular flexibility index (Phi) is 10.5. The normalized spacial score (nSPS) is 12.6. The van der Waals surface area contributed by atoms with Crippen LogP contribution in [0.1, 0.15) is 107 Å². The van der Waals surface area contributed by atoms with Crippen molar-refractivity contribution in [2.75, 3.05) is 11.9 Å². The first-order valence-electron chi connectivity index (χ1n) is 21.8. The predicted molar refractivity (Wildman–Crippen MR) is 258 cm³/mol. The predicted octanol–water partition coefficient (Wildman–Crippen LogP) is 16.1. The molecule has 0 saturated heterocycles. The molecule has 3 nitrogen and oxygen atoms in total. The standard InChI is InChI=1S/C57H55N3/c1-34(2)41-22-42(35(3)4)25-47(24-41)55-33-56(48-26-43(36(5)6)23-44(27-48)37(7)8)60-57(59-55)49-29-45(39-20-19-38-15-13-21-58-54(38)32-39)28-46(30-49)53-31-40-14-9-10-16-50(40)51-17-11-12-18-52(51)53/h9-20,22-37,58H,21H2,1-8H3. The van der Waals surface area contributed by atoms with Crippen LogP contribution in [0.2, 0.25) is 0 Å². The summed E-state index contributed by atoms with van der Waals surface area (Å²) in [4.78, 5) is 11.1. The van der Waals surface area contributed by atoms with Crippen LogP contribution in [-0.2, 0) is 0 Å². The number of nitrogens with one attached hydrogen (secondary N) is 1. The number of hydrogen-bond donors (Lipinski definition) is 1. The van der Waals surface area contributed by atoms with Gasteiger partial charge in [-0.1, -0.05) is 140 Å². The highest BCUT2D eigenvalue weighted by molar-refractivity contribution is 6.14. The fourth-order valence-electron chi connectivity index (χ4n) is 8.62. The maximum absolute atomic E-state index is 5.53. The average Bonchev–Trinajstić information content (AvgIpc) is 3.27. The number of nitrogens with zero attached hydrogens (tertiary/aromatic N) is 2. The van der Waals surface area contributed by atoms with Crippen LogP contribution in [0.5, 0.6) is 0 Å². The summed E-state index contributed by atoms with van der Waals surface area (Å²) >= 11 is 0. The van der Waals surface area contributed by atoms with E-state index in [1.165, 1.54) is 54.9 Å². The molecule has 0 spiro atoms. The molecule has 0 bridgehead atoms. The largest absolute Gasteiger partial charge is 0.381 e. The van der Waals surface area contributed by atoms with Gasteiger partial charge < -0.3 is 5.32 Å². The van der Waals surface area contributed by atoms with Gasteiger partial charge >= 0.3 is 0 Å². The summed E-state index contributed by atoms with van der Waals surface area (Å²) < 4.78 is 0. The van der Waals surface area contributed by atoms with E-state index in [2.05, 4.69) is 206 Å². The third-order valence-electron chi connectivity index (χ3n) is 12.3. The lowest BCUT2D eigenvalue weighted by atomic mass is 9.89. The first-order valence-corrected chi connectivity index (χ1v) is 21.8. The van der Waals surface area contributed by atoms with Crippen molar-refractivity contribution in [2.45, 2.75) is 79.1 Å². The molecule has 0 amide bonds. The number of benzene rings is 7. The van der Waals surface area contributed by atoms with Crippen molar-refractivity contribution >= 4 is 33.3 Å². The molecule has 9 rings (SSSR count). The van der Waals surface area contributed by atoms with Gasteiger partial charge in [0.25, 0.3) is 0 Å². The number of fused-ring (bicyclic) bond motifs is 4. The Labute approximate surface area is 356 Å². The van der Waals surface area contributed by atoms with Gasteiger partial charge in [0.15, 0.2) is 5.82 Å². The van der Waals surface area contributed by atoms with Crippen molar-refractivity contribution in [3.8, 4) is 56.2 Å². The second-order valence-corrected chi connectivity index (χ2v) is 17.9. The Morgan fingerprint density at radius 3 is 1.57 bits per heavy atom. The van der Waals surface area contributed by atoms with E-state index in [9.17, 15) is 0 Å². The highest BCUT2D eigenvalue weighted by atomic mass is 14.9. The Morgan fingerprint density at radius 1 is 0.433 bits per heavy atom. The van der Waals surface area contributed by atoms with Crippen molar-refractivity contribution < 1.29 is 0 Å². The molecular formula is C57H55N3. The van der Waals surface area contributed by atoms with Gasteiger partial charge in [0.2, 0.25) is 0 Å². The highest BCUT2D eigenvalue weighted by Crippen LogP contribution is 2.41. The zero-order valence-electron chi connectivity index (χ0n) is 36.3. The van der Waals surface area contributed by atoms with Crippen molar-refractivity contribution in [1.82, 2.24) is 9.97 Å². The maximum atomic E-state index is 5.53. The van der Waals surface area contributed by atoms with Crippen LogP contribution >= 0.6 is 0 Å². The molecule has 0 fully saturated rings. The average molecular weight is 782 g/mol. The molecule has 3 heteroatoms. The van der Waals surface area contributed by atoms with Crippen molar-refractivity contribution in [3.05, 3.63) is 167 Å². The van der Waals surface area contributed by atoms with Gasteiger partial charge in [-0.25, -0.2) is 9.97 Å². The first kappa shape index (κ1) is 39.2. The summed E-state index contributed by atoms with van der Waals surface area (Å²) in [5.41, 5.74) is 17.4. The third kappa shape index (κ3) is 7.66. The minimum absolute atomic E-state index is 0.386. The number of anilines is 1. The quantitative estimate of drug-likeness (QED) is 0.148. The Balaban J connectivity index is 1.34. The van der Waals surface area contributed by atoms with Crippen LogP contribution in [0.3, 0.4) is 0 Å². The van der Waals surface area contributed by atoms with Crippen LogP contribution in [-0.4, -0.2) is 16.5 Å². The SMILES string of the molecule is CC(C)c1cc(-c2cc(-c3cc(C(C)C)cc(C(C)C)c3)nc(-c3cc(-c4ccc5c(c4)NCC=C5)cc(-c4cc5ccccc5c5ccccc45)c3)n2)cc(C(C)C)c1. The van der Waals surface area contributed by atoms with Crippen LogP contribution in [0.4, 0.5) is 5.69 Å². The summed E-state index contributed by atoms with van der Waals surface area (Å²) in [5, 5.41) is 8.56. The molecule has 0 radical (unpaired) electrons. The van der Waals surface area contributed by atoms with Gasteiger partial charge in [0, 0.05) is 28.9 Å². The summed E-state index contributed by atoms with van der Waals surface area (Å²) in [6.07, 6.45) is 4.38. The minimum atomic E-state index is 0.386. The van der Waals surface area contributed by atoms with Gasteiger partial charge in [0.1, 0.15) is 0 Å². The Morgan fingerprint density at radius 2 is 0.967 bits per heavy atom. The monoisotopic (exact) mass is 781 g/mol.